The van der Waals surface area contributed by atoms with Gasteiger partial charge in [0.1, 0.15) is 11.9 Å². The molecule has 1 saturated carbocycles. The Labute approximate surface area is 189 Å². The summed E-state index contributed by atoms with van der Waals surface area (Å²) < 4.78 is 13.4. The molecule has 1 heterocycles. The van der Waals surface area contributed by atoms with Crippen molar-refractivity contribution in [3.8, 4) is 22.9 Å². The Hall–Kier alpha value is -3.02. The van der Waals surface area contributed by atoms with Gasteiger partial charge in [-0.15, -0.1) is 0 Å². The van der Waals surface area contributed by atoms with Gasteiger partial charge >= 0.3 is 0 Å². The van der Waals surface area contributed by atoms with Gasteiger partial charge in [0.2, 0.25) is 5.91 Å². The molecule has 1 aliphatic carbocycles. The van der Waals surface area contributed by atoms with Crippen molar-refractivity contribution in [2.24, 2.45) is 5.92 Å². The van der Waals surface area contributed by atoms with Gasteiger partial charge in [0.15, 0.2) is 11.5 Å². The molecule has 1 unspecified atom stereocenters. The van der Waals surface area contributed by atoms with Gasteiger partial charge in [0.25, 0.3) is 0 Å². The van der Waals surface area contributed by atoms with Crippen molar-refractivity contribution in [3.63, 3.8) is 0 Å². The molecule has 0 aliphatic heterocycles. The molecule has 1 aromatic heterocycles. The van der Waals surface area contributed by atoms with E-state index in [0.717, 1.165) is 48.1 Å². The molecule has 2 aromatic carbocycles. The van der Waals surface area contributed by atoms with Crippen LogP contribution in [0.2, 0.25) is 0 Å². The van der Waals surface area contributed by atoms with E-state index in [4.69, 9.17) is 14.5 Å². The lowest BCUT2D eigenvalue weighted by Gasteiger charge is -2.32. The summed E-state index contributed by atoms with van der Waals surface area (Å²) in [6, 6.07) is 13.6. The summed E-state index contributed by atoms with van der Waals surface area (Å²) in [5, 5.41) is 3.18. The number of rotatable bonds is 7. The van der Waals surface area contributed by atoms with Crippen LogP contribution in [0.1, 0.15) is 52.0 Å². The van der Waals surface area contributed by atoms with Crippen LogP contribution < -0.4 is 14.8 Å². The first-order chi connectivity index (χ1) is 15.5. The molecule has 1 N–H and O–H groups in total. The molecule has 0 radical (unpaired) electrons. The number of methoxy groups -OCH3 is 2. The van der Waals surface area contributed by atoms with Crippen LogP contribution in [0.3, 0.4) is 0 Å². The average molecular weight is 436 g/mol. The minimum Gasteiger partial charge on any atom is -0.493 e. The number of aromatic nitrogens is 2. The number of hydrogen-bond donors (Lipinski definition) is 1. The number of carbonyl (C=O) groups excluding carboxylic acids is 1. The number of amides is 1. The van der Waals surface area contributed by atoms with Crippen LogP contribution in [0.15, 0.2) is 42.5 Å². The van der Waals surface area contributed by atoms with Crippen LogP contribution in [0.4, 0.5) is 0 Å². The maximum absolute atomic E-state index is 13.6. The van der Waals surface area contributed by atoms with Crippen LogP contribution in [-0.4, -0.2) is 35.7 Å². The molecular formula is C26H33N3O3. The Kier molecular flexibility index (Phi) is 6.68. The maximum Gasteiger partial charge on any atom is 0.243 e. The van der Waals surface area contributed by atoms with Crippen LogP contribution in [0, 0.1) is 5.92 Å². The summed E-state index contributed by atoms with van der Waals surface area (Å²) in [6.07, 6.45) is 5.62. The van der Waals surface area contributed by atoms with E-state index in [9.17, 15) is 4.79 Å². The van der Waals surface area contributed by atoms with Crippen molar-refractivity contribution in [1.82, 2.24) is 14.9 Å². The van der Waals surface area contributed by atoms with Crippen molar-refractivity contribution in [3.05, 3.63) is 42.5 Å². The van der Waals surface area contributed by atoms with Crippen molar-refractivity contribution in [1.29, 1.82) is 0 Å². The first kappa shape index (κ1) is 22.2. The van der Waals surface area contributed by atoms with E-state index < -0.39 is 0 Å². The van der Waals surface area contributed by atoms with E-state index in [-0.39, 0.29) is 23.9 Å². The number of nitrogens with one attached hydrogen (secondary N) is 1. The van der Waals surface area contributed by atoms with Gasteiger partial charge in [-0.05, 0) is 56.9 Å². The van der Waals surface area contributed by atoms with Crippen LogP contribution >= 0.6 is 0 Å². The molecule has 1 amide bonds. The van der Waals surface area contributed by atoms with Crippen molar-refractivity contribution < 1.29 is 14.3 Å². The maximum atomic E-state index is 13.6. The fourth-order valence-corrected chi connectivity index (χ4v) is 4.94. The summed E-state index contributed by atoms with van der Waals surface area (Å²) in [4.78, 5) is 18.6. The summed E-state index contributed by atoms with van der Waals surface area (Å²) in [7, 11) is 3.27. The molecule has 6 nitrogen and oxygen atoms in total. The van der Waals surface area contributed by atoms with Gasteiger partial charge in [0, 0.05) is 6.04 Å². The second kappa shape index (κ2) is 9.63. The molecule has 4 rings (SSSR count). The molecule has 0 bridgehead atoms. The quantitative estimate of drug-likeness (QED) is 0.542. The summed E-state index contributed by atoms with van der Waals surface area (Å²) in [5.74, 6) is 2.31. The topological polar surface area (TPSA) is 65.4 Å². The van der Waals surface area contributed by atoms with Crippen LogP contribution in [0.25, 0.3) is 22.4 Å². The van der Waals surface area contributed by atoms with Crippen LogP contribution in [-0.2, 0) is 4.79 Å². The third kappa shape index (κ3) is 4.18. The monoisotopic (exact) mass is 435 g/mol. The fourth-order valence-electron chi connectivity index (χ4n) is 4.94. The largest absolute Gasteiger partial charge is 0.493 e. The molecular weight excluding hydrogens is 402 g/mol. The number of para-hydroxylation sites is 3. The zero-order valence-electron chi connectivity index (χ0n) is 19.4. The predicted octanol–water partition coefficient (Wildman–Crippen LogP) is 5.37. The standard InChI is InChI=1S/C26H33N3O3/c1-17(2)27-26(30)23(18-11-6-5-7-12-18)29-21-15-9-8-14-20(21)28-25(29)19-13-10-16-22(31-3)24(19)32-4/h8-10,13-18,23H,5-7,11-12H2,1-4H3,(H,27,30). The highest BCUT2D eigenvalue weighted by Crippen LogP contribution is 2.42. The predicted molar refractivity (Wildman–Crippen MR) is 127 cm³/mol. The molecule has 170 valence electrons. The van der Waals surface area contributed by atoms with Gasteiger partial charge in [-0.25, -0.2) is 4.98 Å². The molecule has 1 atom stereocenters. The summed E-state index contributed by atoms with van der Waals surface area (Å²) >= 11 is 0. The number of benzene rings is 2. The molecule has 1 fully saturated rings. The van der Waals surface area contributed by atoms with E-state index >= 15 is 0 Å². The summed E-state index contributed by atoms with van der Waals surface area (Å²) in [5.41, 5.74) is 2.65. The van der Waals surface area contributed by atoms with Gasteiger partial charge in [-0.3, -0.25) is 4.79 Å². The number of imidazole rings is 1. The fraction of sp³-hybridized carbons (Fsp3) is 0.462. The molecule has 6 heteroatoms. The average Bonchev–Trinajstić information content (AvgIpc) is 3.18. The van der Waals surface area contributed by atoms with E-state index in [1.165, 1.54) is 6.42 Å². The SMILES string of the molecule is COc1cccc(-c2nc3ccccc3n2C(C(=O)NC(C)C)C2CCCCC2)c1OC. The van der Waals surface area contributed by atoms with Crippen molar-refractivity contribution in [2.45, 2.75) is 58.0 Å². The first-order valence-electron chi connectivity index (χ1n) is 11.5. The van der Waals surface area contributed by atoms with E-state index in [1.54, 1.807) is 14.2 Å². The van der Waals surface area contributed by atoms with Gasteiger partial charge in [0.05, 0.1) is 30.8 Å². The minimum atomic E-state index is -0.337. The van der Waals surface area contributed by atoms with Gasteiger partial charge in [-0.2, -0.15) is 0 Å². The Morgan fingerprint density at radius 2 is 1.78 bits per heavy atom. The third-order valence-electron chi connectivity index (χ3n) is 6.31. The second-order valence-corrected chi connectivity index (χ2v) is 8.84. The molecule has 0 saturated heterocycles. The van der Waals surface area contributed by atoms with E-state index in [0.29, 0.717) is 11.5 Å². The zero-order chi connectivity index (χ0) is 22.7. The third-order valence-corrected chi connectivity index (χ3v) is 6.31. The number of nitrogens with zero attached hydrogens (tertiary/aromatic N) is 2. The van der Waals surface area contributed by atoms with E-state index in [1.807, 2.05) is 50.2 Å². The Bertz CT molecular complexity index is 1080. The minimum absolute atomic E-state index is 0.0539. The van der Waals surface area contributed by atoms with Gasteiger partial charge < -0.3 is 19.4 Å². The molecule has 1 aliphatic rings. The molecule has 32 heavy (non-hydrogen) atoms. The smallest absolute Gasteiger partial charge is 0.243 e. The number of fused-ring (bicyclic) bond motifs is 1. The number of hydrogen-bond acceptors (Lipinski definition) is 4. The number of carbonyl (C=O) groups is 1. The van der Waals surface area contributed by atoms with Crippen molar-refractivity contribution >= 4 is 16.9 Å². The Balaban J connectivity index is 1.97. The summed E-state index contributed by atoms with van der Waals surface area (Å²) in [6.45, 7) is 4.02. The highest BCUT2D eigenvalue weighted by molar-refractivity contribution is 5.88. The lowest BCUT2D eigenvalue weighted by Crippen LogP contribution is -2.41. The lowest BCUT2D eigenvalue weighted by atomic mass is 9.83. The molecule has 0 spiro atoms. The van der Waals surface area contributed by atoms with Gasteiger partial charge in [-0.1, -0.05) is 37.5 Å². The van der Waals surface area contributed by atoms with Crippen molar-refractivity contribution in [2.75, 3.05) is 14.2 Å². The highest BCUT2D eigenvalue weighted by atomic mass is 16.5. The van der Waals surface area contributed by atoms with E-state index in [2.05, 4.69) is 16.0 Å². The first-order valence-corrected chi connectivity index (χ1v) is 11.5. The Morgan fingerprint density at radius 3 is 2.47 bits per heavy atom. The van der Waals surface area contributed by atoms with Crippen LogP contribution in [0.5, 0.6) is 11.5 Å². The lowest BCUT2D eigenvalue weighted by molar-refractivity contribution is -0.126. The normalized spacial score (nSPS) is 15.7. The second-order valence-electron chi connectivity index (χ2n) is 8.84. The highest BCUT2D eigenvalue weighted by Gasteiger charge is 2.35. The molecule has 3 aromatic rings. The zero-order valence-corrected chi connectivity index (χ0v) is 19.4. The Morgan fingerprint density at radius 1 is 1.03 bits per heavy atom. The number of ether oxygens (including phenoxy) is 2.